The average molecular weight is 533 g/mol. The van der Waals surface area contributed by atoms with Crippen LogP contribution in [0.2, 0.25) is 0 Å². The van der Waals surface area contributed by atoms with Crippen molar-refractivity contribution in [3.05, 3.63) is 77.6 Å². The van der Waals surface area contributed by atoms with E-state index >= 15 is 4.39 Å². The normalized spacial score (nSPS) is 23.1. The van der Waals surface area contributed by atoms with Crippen LogP contribution in [-0.4, -0.2) is 75.9 Å². The zero-order valence-corrected chi connectivity index (χ0v) is 22.5. The van der Waals surface area contributed by atoms with Gasteiger partial charge in [-0.25, -0.2) is 9.37 Å². The second kappa shape index (κ2) is 11.2. The Morgan fingerprint density at radius 1 is 1.13 bits per heavy atom. The number of aliphatic hydroxyl groups excluding tert-OH is 1. The summed E-state index contributed by atoms with van der Waals surface area (Å²) >= 11 is 0. The predicted molar refractivity (Wildman–Crippen MR) is 146 cm³/mol. The molecule has 2 atom stereocenters. The summed E-state index contributed by atoms with van der Waals surface area (Å²) in [5, 5.41) is 9.40. The standard InChI is InChI=1S/C31H37FN4O3/c1-34-18-30(33-20-34)31(38)36(24-8-11-39-12-9-24)15-22-5-6-29(32)25(14-22)23-4-2-3-21(13-23)7-10-35-16-26-27(17-35)28(26)19-37/h2-6,13-14,18,20,24,26-28,37H,7-12,15-17,19H2,1H3. The lowest BCUT2D eigenvalue weighted by atomic mass is 9.98. The number of amides is 1. The molecular weight excluding hydrogens is 495 g/mol. The summed E-state index contributed by atoms with van der Waals surface area (Å²) in [6.45, 7) is 5.09. The Hall–Kier alpha value is -3.07. The molecule has 1 aromatic heterocycles. The smallest absolute Gasteiger partial charge is 0.274 e. The molecule has 1 amide bonds. The molecule has 3 fully saturated rings. The van der Waals surface area contributed by atoms with Crippen molar-refractivity contribution in [3.63, 3.8) is 0 Å². The van der Waals surface area contributed by atoms with E-state index < -0.39 is 0 Å². The number of ether oxygens (including phenoxy) is 1. The first kappa shape index (κ1) is 26.2. The van der Waals surface area contributed by atoms with Crippen molar-refractivity contribution >= 4 is 5.91 Å². The zero-order chi connectivity index (χ0) is 26.9. The summed E-state index contributed by atoms with van der Waals surface area (Å²) in [5.41, 5.74) is 3.90. The van der Waals surface area contributed by atoms with Crippen LogP contribution in [0.4, 0.5) is 4.39 Å². The van der Waals surface area contributed by atoms with Crippen molar-refractivity contribution in [2.75, 3.05) is 39.5 Å². The molecule has 2 unspecified atom stereocenters. The largest absolute Gasteiger partial charge is 0.396 e. The van der Waals surface area contributed by atoms with Gasteiger partial charge in [0.2, 0.25) is 0 Å². The minimum atomic E-state index is -0.265. The van der Waals surface area contributed by atoms with Crippen LogP contribution in [-0.2, 0) is 24.8 Å². The number of carbonyl (C=O) groups is 1. The van der Waals surface area contributed by atoms with Gasteiger partial charge in [0.25, 0.3) is 5.91 Å². The maximum absolute atomic E-state index is 15.1. The number of aryl methyl sites for hydroxylation is 1. The molecule has 0 bridgehead atoms. The van der Waals surface area contributed by atoms with E-state index in [1.54, 1.807) is 23.2 Å². The van der Waals surface area contributed by atoms with Gasteiger partial charge in [-0.3, -0.25) is 4.79 Å². The number of rotatable bonds is 9. The Morgan fingerprint density at radius 2 is 1.92 bits per heavy atom. The van der Waals surface area contributed by atoms with E-state index in [1.165, 1.54) is 11.6 Å². The summed E-state index contributed by atoms with van der Waals surface area (Å²) in [6.07, 6.45) is 5.83. The number of hydrogen-bond donors (Lipinski definition) is 1. The molecule has 0 radical (unpaired) electrons. The van der Waals surface area contributed by atoms with Crippen molar-refractivity contribution in [2.45, 2.75) is 31.8 Å². The van der Waals surface area contributed by atoms with Gasteiger partial charge in [0.15, 0.2) is 0 Å². The van der Waals surface area contributed by atoms with Crippen LogP contribution < -0.4 is 0 Å². The van der Waals surface area contributed by atoms with Gasteiger partial charge in [0, 0.05) is 70.8 Å². The van der Waals surface area contributed by atoms with Gasteiger partial charge in [0.1, 0.15) is 11.5 Å². The molecule has 3 aliphatic rings. The van der Waals surface area contributed by atoms with E-state index in [0.29, 0.717) is 55.4 Å². The van der Waals surface area contributed by atoms with E-state index in [0.717, 1.165) is 50.0 Å². The SMILES string of the molecule is Cn1cnc(C(=O)N(Cc2ccc(F)c(-c3cccc(CCN4CC5C(CO)C5C4)c3)c2)C2CCOCC2)c1. The molecule has 2 aromatic carbocycles. The molecule has 0 spiro atoms. The number of imidazole rings is 1. The number of carbonyl (C=O) groups excluding carboxylic acids is 1. The van der Waals surface area contributed by atoms with Crippen molar-refractivity contribution in [2.24, 2.45) is 24.8 Å². The first-order chi connectivity index (χ1) is 19.0. The molecule has 2 aliphatic heterocycles. The lowest BCUT2D eigenvalue weighted by Gasteiger charge is -2.34. The van der Waals surface area contributed by atoms with Gasteiger partial charge < -0.3 is 24.2 Å². The average Bonchev–Trinajstić information content (AvgIpc) is 3.24. The van der Waals surface area contributed by atoms with Crippen LogP contribution in [0.25, 0.3) is 11.1 Å². The van der Waals surface area contributed by atoms with Crippen molar-refractivity contribution in [1.29, 1.82) is 0 Å². The number of piperidine rings is 1. The fourth-order valence-electron chi connectivity index (χ4n) is 6.49. The van der Waals surface area contributed by atoms with E-state index in [-0.39, 0.29) is 17.8 Å². The molecule has 1 N–H and O–H groups in total. The summed E-state index contributed by atoms with van der Waals surface area (Å²) in [5.74, 6) is 1.48. The summed E-state index contributed by atoms with van der Waals surface area (Å²) in [4.78, 5) is 22.1. The van der Waals surface area contributed by atoms with Crippen LogP contribution in [0.3, 0.4) is 0 Å². The quantitative estimate of drug-likeness (QED) is 0.455. The topological polar surface area (TPSA) is 70.8 Å². The lowest BCUT2D eigenvalue weighted by Crippen LogP contribution is -2.43. The highest BCUT2D eigenvalue weighted by Crippen LogP contribution is 2.51. The van der Waals surface area contributed by atoms with Crippen molar-refractivity contribution < 1.29 is 19.0 Å². The minimum Gasteiger partial charge on any atom is -0.396 e. The Bertz CT molecular complexity index is 1310. The maximum Gasteiger partial charge on any atom is 0.274 e. The van der Waals surface area contributed by atoms with E-state index in [2.05, 4.69) is 22.0 Å². The number of aliphatic hydroxyl groups is 1. The molecule has 8 heteroatoms. The second-order valence-electron chi connectivity index (χ2n) is 11.4. The Balaban J connectivity index is 1.18. The lowest BCUT2D eigenvalue weighted by molar-refractivity contribution is 0.0264. The number of benzene rings is 2. The third kappa shape index (κ3) is 5.64. The van der Waals surface area contributed by atoms with Crippen molar-refractivity contribution in [1.82, 2.24) is 19.4 Å². The van der Waals surface area contributed by atoms with Crippen molar-refractivity contribution in [3.8, 4) is 11.1 Å². The maximum atomic E-state index is 15.1. The minimum absolute atomic E-state index is 0.0503. The number of nitrogens with zero attached hydrogens (tertiary/aromatic N) is 4. The number of likely N-dealkylation sites (tertiary alicyclic amines) is 1. The molecule has 206 valence electrons. The van der Waals surface area contributed by atoms with Gasteiger partial charge in [0.05, 0.1) is 6.33 Å². The summed E-state index contributed by atoms with van der Waals surface area (Å²) in [6, 6.07) is 13.4. The Kier molecular flexibility index (Phi) is 7.51. The van der Waals surface area contributed by atoms with Gasteiger partial charge >= 0.3 is 0 Å². The summed E-state index contributed by atoms with van der Waals surface area (Å²) < 4.78 is 22.4. The Morgan fingerprint density at radius 3 is 2.64 bits per heavy atom. The molecule has 3 aromatic rings. The zero-order valence-electron chi connectivity index (χ0n) is 22.5. The monoisotopic (exact) mass is 532 g/mol. The molecule has 1 aliphatic carbocycles. The van der Waals surface area contributed by atoms with Gasteiger partial charge in [-0.05, 0) is 65.8 Å². The molecular formula is C31H37FN4O3. The van der Waals surface area contributed by atoms with Gasteiger partial charge in [-0.15, -0.1) is 0 Å². The third-order valence-corrected chi connectivity index (χ3v) is 8.81. The van der Waals surface area contributed by atoms with Crippen LogP contribution in [0.1, 0.15) is 34.5 Å². The fourth-order valence-corrected chi connectivity index (χ4v) is 6.49. The molecule has 39 heavy (non-hydrogen) atoms. The van der Waals surface area contributed by atoms with Gasteiger partial charge in [-0.2, -0.15) is 0 Å². The molecule has 1 saturated carbocycles. The van der Waals surface area contributed by atoms with Crippen LogP contribution >= 0.6 is 0 Å². The molecule has 6 rings (SSSR count). The first-order valence-corrected chi connectivity index (χ1v) is 14.1. The predicted octanol–water partition coefficient (Wildman–Crippen LogP) is 3.76. The first-order valence-electron chi connectivity index (χ1n) is 14.1. The third-order valence-electron chi connectivity index (χ3n) is 8.81. The number of aromatic nitrogens is 2. The number of halogens is 1. The fraction of sp³-hybridized carbons (Fsp3) is 0.484. The second-order valence-corrected chi connectivity index (χ2v) is 11.4. The van der Waals surface area contributed by atoms with Gasteiger partial charge in [-0.1, -0.05) is 30.3 Å². The van der Waals surface area contributed by atoms with Crippen LogP contribution in [0.5, 0.6) is 0 Å². The summed E-state index contributed by atoms with van der Waals surface area (Å²) in [7, 11) is 1.85. The number of hydrogen-bond acceptors (Lipinski definition) is 5. The van der Waals surface area contributed by atoms with E-state index in [4.69, 9.17) is 4.74 Å². The highest BCUT2D eigenvalue weighted by atomic mass is 19.1. The van der Waals surface area contributed by atoms with Crippen LogP contribution in [0.15, 0.2) is 55.0 Å². The van der Waals surface area contributed by atoms with E-state index in [1.807, 2.05) is 30.1 Å². The molecule has 2 saturated heterocycles. The highest BCUT2D eigenvalue weighted by Gasteiger charge is 2.54. The Labute approximate surface area is 229 Å². The highest BCUT2D eigenvalue weighted by molar-refractivity contribution is 5.92. The number of fused-ring (bicyclic) bond motifs is 1. The molecule has 7 nitrogen and oxygen atoms in total. The van der Waals surface area contributed by atoms with Crippen LogP contribution in [0, 0.1) is 23.6 Å². The van der Waals surface area contributed by atoms with E-state index in [9.17, 15) is 9.90 Å². The molecule has 3 heterocycles.